The fraction of sp³-hybridized carbons (Fsp3) is 0.579. The van der Waals surface area contributed by atoms with E-state index in [1.54, 1.807) is 29.2 Å². The third-order valence-electron chi connectivity index (χ3n) is 4.39. The number of halogens is 1. The molecule has 0 atom stereocenters. The molecule has 0 aromatic heterocycles. The van der Waals surface area contributed by atoms with Crippen LogP contribution >= 0.6 is 11.6 Å². The van der Waals surface area contributed by atoms with E-state index in [1.165, 1.54) is 0 Å². The van der Waals surface area contributed by atoms with Gasteiger partial charge in [0.25, 0.3) is 5.91 Å². The lowest BCUT2D eigenvalue weighted by atomic mass is 9.96. The van der Waals surface area contributed by atoms with Gasteiger partial charge in [0.05, 0.1) is 23.1 Å². The number of rotatable bonds is 6. The molecule has 0 aliphatic carbocycles. The Kier molecular flexibility index (Phi) is 7.10. The second-order valence-corrected chi connectivity index (χ2v) is 7.16. The quantitative estimate of drug-likeness (QED) is 0.570. The number of carbonyl (C=O) groups is 2. The highest BCUT2D eigenvalue weighted by atomic mass is 35.5. The maximum Gasteiger partial charge on any atom is 0.309 e. The molecule has 1 saturated heterocycles. The van der Waals surface area contributed by atoms with Gasteiger partial charge in [-0.1, -0.05) is 37.6 Å². The molecule has 1 aromatic carbocycles. The van der Waals surface area contributed by atoms with Gasteiger partial charge >= 0.3 is 5.97 Å². The monoisotopic (exact) mass is 351 g/mol. The maximum atomic E-state index is 12.5. The van der Waals surface area contributed by atoms with Crippen LogP contribution in [0.1, 0.15) is 49.9 Å². The van der Waals surface area contributed by atoms with Gasteiger partial charge in [-0.2, -0.15) is 0 Å². The van der Waals surface area contributed by atoms with Crippen LogP contribution < -0.4 is 0 Å². The van der Waals surface area contributed by atoms with Crippen LogP contribution in [-0.2, 0) is 9.53 Å². The summed E-state index contributed by atoms with van der Waals surface area (Å²) < 4.78 is 5.37. The van der Waals surface area contributed by atoms with Crippen molar-refractivity contribution >= 4 is 23.5 Å². The molecule has 1 aromatic rings. The first-order chi connectivity index (χ1) is 11.5. The molecular formula is C19H26ClNO3. The Morgan fingerprint density at radius 3 is 2.54 bits per heavy atom. The van der Waals surface area contributed by atoms with E-state index in [0.29, 0.717) is 49.0 Å². The number of hydrogen-bond donors (Lipinski definition) is 0. The summed E-state index contributed by atoms with van der Waals surface area (Å²) in [5, 5.41) is 0.467. The van der Waals surface area contributed by atoms with Gasteiger partial charge in [-0.25, -0.2) is 0 Å². The predicted molar refractivity (Wildman–Crippen MR) is 95.1 cm³/mol. The van der Waals surface area contributed by atoms with E-state index in [1.807, 2.05) is 0 Å². The molecule has 24 heavy (non-hydrogen) atoms. The Morgan fingerprint density at radius 1 is 1.25 bits per heavy atom. The molecule has 1 aliphatic heterocycles. The number of ether oxygens (including phenoxy) is 1. The fourth-order valence-corrected chi connectivity index (χ4v) is 3.12. The largest absolute Gasteiger partial charge is 0.465 e. The van der Waals surface area contributed by atoms with E-state index in [-0.39, 0.29) is 17.8 Å². The Balaban J connectivity index is 1.78. The lowest BCUT2D eigenvalue weighted by molar-refractivity contribution is -0.150. The maximum absolute atomic E-state index is 12.5. The van der Waals surface area contributed by atoms with Gasteiger partial charge in [0, 0.05) is 13.1 Å². The summed E-state index contributed by atoms with van der Waals surface area (Å²) in [5.74, 6) is 0.343. The molecule has 0 unspecified atom stereocenters. The third kappa shape index (κ3) is 5.23. The highest BCUT2D eigenvalue weighted by Crippen LogP contribution is 2.23. The molecule has 1 aliphatic rings. The molecule has 0 spiro atoms. The SMILES string of the molecule is CC(C)CCCOC(=O)C1CCN(C(=O)c2ccccc2Cl)CC1. The summed E-state index contributed by atoms with van der Waals surface area (Å²) >= 11 is 6.09. The Bertz CT molecular complexity index is 565. The molecule has 1 amide bonds. The van der Waals surface area contributed by atoms with Crippen molar-refractivity contribution in [1.82, 2.24) is 4.90 Å². The van der Waals surface area contributed by atoms with Crippen molar-refractivity contribution in [1.29, 1.82) is 0 Å². The second-order valence-electron chi connectivity index (χ2n) is 6.75. The Hall–Kier alpha value is -1.55. The number of nitrogens with zero attached hydrogens (tertiary/aromatic N) is 1. The van der Waals surface area contributed by atoms with E-state index in [9.17, 15) is 9.59 Å². The standard InChI is InChI=1S/C19H26ClNO3/c1-14(2)6-5-13-24-19(23)15-9-11-21(12-10-15)18(22)16-7-3-4-8-17(16)20/h3-4,7-8,14-15H,5-6,9-13H2,1-2H3. The Labute approximate surface area is 149 Å². The average Bonchev–Trinajstić information content (AvgIpc) is 2.58. The summed E-state index contributed by atoms with van der Waals surface area (Å²) in [5.41, 5.74) is 0.522. The highest BCUT2D eigenvalue weighted by molar-refractivity contribution is 6.33. The van der Waals surface area contributed by atoms with Gasteiger partial charge < -0.3 is 9.64 Å². The zero-order chi connectivity index (χ0) is 17.5. The summed E-state index contributed by atoms with van der Waals surface area (Å²) in [4.78, 5) is 26.4. The second kappa shape index (κ2) is 9.07. The van der Waals surface area contributed by atoms with Crippen LogP contribution in [0, 0.1) is 11.8 Å². The van der Waals surface area contributed by atoms with Crippen molar-refractivity contribution < 1.29 is 14.3 Å². The first-order valence-electron chi connectivity index (χ1n) is 8.69. The number of hydrogen-bond acceptors (Lipinski definition) is 3. The normalized spacial score (nSPS) is 15.6. The van der Waals surface area contributed by atoms with Crippen LogP contribution in [0.15, 0.2) is 24.3 Å². The van der Waals surface area contributed by atoms with E-state index in [4.69, 9.17) is 16.3 Å². The molecule has 1 fully saturated rings. The Morgan fingerprint density at radius 2 is 1.92 bits per heavy atom. The fourth-order valence-electron chi connectivity index (χ4n) is 2.91. The summed E-state index contributed by atoms with van der Waals surface area (Å²) in [7, 11) is 0. The molecule has 4 nitrogen and oxygen atoms in total. The molecule has 5 heteroatoms. The molecule has 1 heterocycles. The van der Waals surface area contributed by atoms with Crippen molar-refractivity contribution in [3.05, 3.63) is 34.9 Å². The van der Waals surface area contributed by atoms with Gasteiger partial charge in [-0.05, 0) is 43.7 Å². The van der Waals surface area contributed by atoms with Crippen molar-refractivity contribution in [2.75, 3.05) is 19.7 Å². The molecule has 132 valence electrons. The third-order valence-corrected chi connectivity index (χ3v) is 4.72. The first-order valence-corrected chi connectivity index (χ1v) is 9.07. The van der Waals surface area contributed by atoms with Crippen molar-refractivity contribution in [3.8, 4) is 0 Å². The van der Waals surface area contributed by atoms with E-state index >= 15 is 0 Å². The van der Waals surface area contributed by atoms with Crippen LogP contribution in [0.2, 0.25) is 5.02 Å². The van der Waals surface area contributed by atoms with E-state index < -0.39 is 0 Å². The first kappa shape index (κ1) is 18.8. The van der Waals surface area contributed by atoms with Crippen LogP contribution in [-0.4, -0.2) is 36.5 Å². The van der Waals surface area contributed by atoms with Crippen LogP contribution in [0.25, 0.3) is 0 Å². The van der Waals surface area contributed by atoms with Crippen molar-refractivity contribution in [2.24, 2.45) is 11.8 Å². The number of amides is 1. The van der Waals surface area contributed by atoms with E-state index in [2.05, 4.69) is 13.8 Å². The van der Waals surface area contributed by atoms with Crippen molar-refractivity contribution in [3.63, 3.8) is 0 Å². The minimum atomic E-state index is -0.122. The van der Waals surface area contributed by atoms with Gasteiger partial charge in [0.2, 0.25) is 0 Å². The van der Waals surface area contributed by atoms with Crippen LogP contribution in [0.5, 0.6) is 0 Å². The van der Waals surface area contributed by atoms with Gasteiger partial charge in [0.1, 0.15) is 0 Å². The molecule has 2 rings (SSSR count). The minimum absolute atomic E-state index is 0.0654. The highest BCUT2D eigenvalue weighted by Gasteiger charge is 2.29. The van der Waals surface area contributed by atoms with Gasteiger partial charge in [0.15, 0.2) is 0 Å². The topological polar surface area (TPSA) is 46.6 Å². The molecular weight excluding hydrogens is 326 g/mol. The number of piperidine rings is 1. The van der Waals surface area contributed by atoms with Gasteiger partial charge in [-0.3, -0.25) is 9.59 Å². The molecule has 0 saturated carbocycles. The van der Waals surface area contributed by atoms with E-state index in [0.717, 1.165) is 12.8 Å². The lowest BCUT2D eigenvalue weighted by Crippen LogP contribution is -2.40. The average molecular weight is 352 g/mol. The summed E-state index contributed by atoms with van der Waals surface area (Å²) in [6.07, 6.45) is 3.28. The summed E-state index contributed by atoms with van der Waals surface area (Å²) in [6.45, 7) is 5.95. The summed E-state index contributed by atoms with van der Waals surface area (Å²) in [6, 6.07) is 7.07. The number of esters is 1. The predicted octanol–water partition coefficient (Wildman–Crippen LogP) is 4.17. The zero-order valence-electron chi connectivity index (χ0n) is 14.5. The van der Waals surface area contributed by atoms with Crippen LogP contribution in [0.4, 0.5) is 0 Å². The minimum Gasteiger partial charge on any atom is -0.465 e. The molecule has 0 N–H and O–H groups in total. The smallest absolute Gasteiger partial charge is 0.309 e. The number of carbonyl (C=O) groups excluding carboxylic acids is 2. The molecule has 0 bridgehead atoms. The molecule has 0 radical (unpaired) electrons. The van der Waals surface area contributed by atoms with Crippen molar-refractivity contribution in [2.45, 2.75) is 39.5 Å². The van der Waals surface area contributed by atoms with Gasteiger partial charge in [-0.15, -0.1) is 0 Å². The zero-order valence-corrected chi connectivity index (χ0v) is 15.2. The number of benzene rings is 1. The lowest BCUT2D eigenvalue weighted by Gasteiger charge is -2.31. The number of likely N-dealkylation sites (tertiary alicyclic amines) is 1. The van der Waals surface area contributed by atoms with Crippen LogP contribution in [0.3, 0.4) is 0 Å².